The predicted octanol–water partition coefficient (Wildman–Crippen LogP) is 4.11. The molecule has 0 unspecified atom stereocenters. The Morgan fingerprint density at radius 3 is 2.72 bits per heavy atom. The van der Waals surface area contributed by atoms with E-state index in [1.807, 2.05) is 30.6 Å². The Kier molecular flexibility index (Phi) is 2.89. The molecule has 0 atom stereocenters. The van der Waals surface area contributed by atoms with Gasteiger partial charge in [-0.25, -0.2) is 0 Å². The van der Waals surface area contributed by atoms with Crippen molar-refractivity contribution >= 4 is 40.1 Å². The van der Waals surface area contributed by atoms with E-state index >= 15 is 0 Å². The number of aromatic nitrogens is 2. The quantitative estimate of drug-likeness (QED) is 0.773. The average Bonchev–Trinajstić information content (AvgIpc) is 3.02. The van der Waals surface area contributed by atoms with Crippen LogP contribution < -0.4 is 5.73 Å². The van der Waals surface area contributed by atoms with Crippen LogP contribution >= 0.6 is 34.3 Å². The zero-order valence-electron chi connectivity index (χ0n) is 9.55. The molecular formula is C12H10ClN3S2. The van der Waals surface area contributed by atoms with Crippen LogP contribution in [0.4, 0.5) is 5.82 Å². The van der Waals surface area contributed by atoms with Crippen molar-refractivity contribution in [3.63, 3.8) is 0 Å². The molecule has 6 heteroatoms. The number of nitrogens with zero attached hydrogens (tertiary/aromatic N) is 2. The van der Waals surface area contributed by atoms with E-state index in [4.69, 9.17) is 17.3 Å². The summed E-state index contributed by atoms with van der Waals surface area (Å²) < 4.78 is 2.46. The van der Waals surface area contributed by atoms with E-state index in [0.717, 1.165) is 25.3 Å². The maximum absolute atomic E-state index is 6.12. The van der Waals surface area contributed by atoms with Crippen molar-refractivity contribution in [3.05, 3.63) is 34.0 Å². The summed E-state index contributed by atoms with van der Waals surface area (Å²) in [7, 11) is 1.85. The van der Waals surface area contributed by atoms with Crippen molar-refractivity contribution in [2.45, 2.75) is 0 Å². The van der Waals surface area contributed by atoms with Gasteiger partial charge in [0, 0.05) is 11.9 Å². The first-order valence-electron chi connectivity index (χ1n) is 5.29. The number of nitrogens with two attached hydrogens (primary N) is 1. The molecule has 0 saturated heterocycles. The summed E-state index contributed by atoms with van der Waals surface area (Å²) in [6, 6.07) is 7.92. The summed E-state index contributed by atoms with van der Waals surface area (Å²) in [4.78, 5) is 2.16. The Hall–Kier alpha value is -1.30. The normalized spacial score (nSPS) is 11.0. The Morgan fingerprint density at radius 2 is 2.11 bits per heavy atom. The maximum atomic E-state index is 6.12. The third-order valence-corrected chi connectivity index (χ3v) is 4.79. The SMILES string of the molecule is Cn1nc(-c2ccc(Cl)s2)c(-c2cccs2)c1N. The molecule has 0 fully saturated rings. The van der Waals surface area contributed by atoms with Gasteiger partial charge in [-0.05, 0) is 23.6 Å². The van der Waals surface area contributed by atoms with E-state index in [0.29, 0.717) is 5.82 Å². The maximum Gasteiger partial charge on any atom is 0.130 e. The molecule has 3 heterocycles. The molecule has 0 aliphatic carbocycles. The highest BCUT2D eigenvalue weighted by Gasteiger charge is 2.19. The van der Waals surface area contributed by atoms with Crippen molar-refractivity contribution in [2.24, 2.45) is 7.05 Å². The summed E-state index contributed by atoms with van der Waals surface area (Å²) in [5.41, 5.74) is 8.01. The number of thiophene rings is 2. The molecule has 3 nitrogen and oxygen atoms in total. The van der Waals surface area contributed by atoms with Crippen LogP contribution in [-0.4, -0.2) is 9.78 Å². The fraction of sp³-hybridized carbons (Fsp3) is 0.0833. The van der Waals surface area contributed by atoms with Crippen molar-refractivity contribution in [2.75, 3.05) is 5.73 Å². The second-order valence-electron chi connectivity index (χ2n) is 3.81. The van der Waals surface area contributed by atoms with Crippen LogP contribution in [0.15, 0.2) is 29.6 Å². The molecule has 3 rings (SSSR count). The Morgan fingerprint density at radius 1 is 1.28 bits per heavy atom. The number of anilines is 1. The average molecular weight is 296 g/mol. The largest absolute Gasteiger partial charge is 0.383 e. The minimum atomic E-state index is 0.678. The molecule has 0 amide bonds. The van der Waals surface area contributed by atoms with Gasteiger partial charge in [0.05, 0.1) is 14.8 Å². The second-order valence-corrected chi connectivity index (χ2v) is 6.48. The summed E-state index contributed by atoms with van der Waals surface area (Å²) in [6.45, 7) is 0. The van der Waals surface area contributed by atoms with Crippen LogP contribution in [0.2, 0.25) is 4.34 Å². The lowest BCUT2D eigenvalue weighted by Gasteiger charge is -1.98. The number of rotatable bonds is 2. The topological polar surface area (TPSA) is 43.8 Å². The standard InChI is InChI=1S/C12H10ClN3S2/c1-16-12(14)10(7-3-2-6-17-7)11(15-16)8-4-5-9(13)18-8/h2-6H,14H2,1H3. The van der Waals surface area contributed by atoms with Crippen LogP contribution in [-0.2, 0) is 7.05 Å². The zero-order valence-corrected chi connectivity index (χ0v) is 11.9. The van der Waals surface area contributed by atoms with Gasteiger partial charge in [-0.2, -0.15) is 5.10 Å². The molecule has 3 aromatic heterocycles. The lowest BCUT2D eigenvalue weighted by atomic mass is 10.1. The number of halogens is 1. The lowest BCUT2D eigenvalue weighted by molar-refractivity contribution is 0.783. The molecule has 0 aliphatic rings. The van der Waals surface area contributed by atoms with Gasteiger partial charge < -0.3 is 5.73 Å². The van der Waals surface area contributed by atoms with Gasteiger partial charge in [0.2, 0.25) is 0 Å². The molecule has 0 aliphatic heterocycles. The van der Waals surface area contributed by atoms with Crippen molar-refractivity contribution in [1.29, 1.82) is 0 Å². The van der Waals surface area contributed by atoms with Gasteiger partial charge in [-0.15, -0.1) is 22.7 Å². The lowest BCUT2D eigenvalue weighted by Crippen LogP contribution is -1.97. The number of hydrogen-bond donors (Lipinski definition) is 1. The highest BCUT2D eigenvalue weighted by atomic mass is 35.5. The van der Waals surface area contributed by atoms with Gasteiger partial charge in [0.1, 0.15) is 11.5 Å². The highest BCUT2D eigenvalue weighted by Crippen LogP contribution is 2.41. The summed E-state index contributed by atoms with van der Waals surface area (Å²) in [5.74, 6) is 0.678. The van der Waals surface area contributed by atoms with Crippen molar-refractivity contribution in [1.82, 2.24) is 9.78 Å². The minimum absolute atomic E-state index is 0.678. The third kappa shape index (κ3) is 1.84. The summed E-state index contributed by atoms with van der Waals surface area (Å²) in [5, 5.41) is 6.53. The van der Waals surface area contributed by atoms with E-state index < -0.39 is 0 Å². The molecule has 0 spiro atoms. The molecular weight excluding hydrogens is 286 g/mol. The fourth-order valence-electron chi connectivity index (χ4n) is 1.81. The predicted molar refractivity (Wildman–Crippen MR) is 79.3 cm³/mol. The number of aryl methyl sites for hydroxylation is 1. The molecule has 0 aromatic carbocycles. The van der Waals surface area contributed by atoms with Crippen LogP contribution in [0, 0.1) is 0 Å². The monoisotopic (exact) mass is 295 g/mol. The Labute approximate surface area is 117 Å². The molecule has 0 bridgehead atoms. The first kappa shape index (κ1) is 11.8. The molecule has 3 aromatic rings. The van der Waals surface area contributed by atoms with E-state index in [-0.39, 0.29) is 0 Å². The first-order chi connectivity index (χ1) is 8.66. The minimum Gasteiger partial charge on any atom is -0.383 e. The molecule has 92 valence electrons. The second kappa shape index (κ2) is 4.42. The van der Waals surface area contributed by atoms with Crippen LogP contribution in [0.25, 0.3) is 21.0 Å². The van der Waals surface area contributed by atoms with E-state index in [9.17, 15) is 0 Å². The molecule has 0 radical (unpaired) electrons. The third-order valence-electron chi connectivity index (χ3n) is 2.67. The van der Waals surface area contributed by atoms with Gasteiger partial charge in [0.15, 0.2) is 0 Å². The Bertz CT molecular complexity index is 682. The number of hydrogen-bond acceptors (Lipinski definition) is 4. The highest BCUT2D eigenvalue weighted by molar-refractivity contribution is 7.19. The van der Waals surface area contributed by atoms with Gasteiger partial charge in [0.25, 0.3) is 0 Å². The van der Waals surface area contributed by atoms with Gasteiger partial charge in [-0.3, -0.25) is 4.68 Å². The van der Waals surface area contributed by atoms with Crippen LogP contribution in [0.3, 0.4) is 0 Å². The van der Waals surface area contributed by atoms with Gasteiger partial charge >= 0.3 is 0 Å². The summed E-state index contributed by atoms with van der Waals surface area (Å²) >= 11 is 9.16. The van der Waals surface area contributed by atoms with Gasteiger partial charge in [-0.1, -0.05) is 17.7 Å². The molecule has 2 N–H and O–H groups in total. The van der Waals surface area contributed by atoms with E-state index in [2.05, 4.69) is 11.2 Å². The summed E-state index contributed by atoms with van der Waals surface area (Å²) in [6.07, 6.45) is 0. The molecule has 0 saturated carbocycles. The number of nitrogen functional groups attached to an aromatic ring is 1. The van der Waals surface area contributed by atoms with Crippen molar-refractivity contribution < 1.29 is 0 Å². The van der Waals surface area contributed by atoms with Crippen LogP contribution in [0.5, 0.6) is 0 Å². The van der Waals surface area contributed by atoms with E-state index in [1.54, 1.807) is 16.0 Å². The van der Waals surface area contributed by atoms with E-state index in [1.165, 1.54) is 11.3 Å². The van der Waals surface area contributed by atoms with Crippen molar-refractivity contribution in [3.8, 4) is 21.0 Å². The first-order valence-corrected chi connectivity index (χ1v) is 7.36. The Balaban J connectivity index is 2.24. The fourth-order valence-corrected chi connectivity index (χ4v) is 3.63. The molecule has 18 heavy (non-hydrogen) atoms. The zero-order chi connectivity index (χ0) is 12.7. The van der Waals surface area contributed by atoms with Crippen LogP contribution in [0.1, 0.15) is 0 Å². The smallest absolute Gasteiger partial charge is 0.130 e.